The number of halogens is 1. The number of nitrogens with one attached hydrogen (secondary N) is 1. The van der Waals surface area contributed by atoms with Crippen LogP contribution in [0.4, 0.5) is 0 Å². The van der Waals surface area contributed by atoms with Crippen LogP contribution in [0.5, 0.6) is 5.75 Å². The van der Waals surface area contributed by atoms with Gasteiger partial charge in [-0.05, 0) is 17.5 Å². The van der Waals surface area contributed by atoms with Gasteiger partial charge in [0.25, 0.3) is 0 Å². The molecule has 1 aromatic rings. The smallest absolute Gasteiger partial charge is 0.233 e. The quantitative estimate of drug-likeness (QED) is 0.775. The maximum absolute atomic E-state index is 10.9. The number of hydrogen-bond donors (Lipinski definition) is 2. The Kier molecular flexibility index (Phi) is 8.16. The summed E-state index contributed by atoms with van der Waals surface area (Å²) in [6, 6.07) is 7.94. The van der Waals surface area contributed by atoms with Gasteiger partial charge >= 0.3 is 0 Å². The Morgan fingerprint density at radius 1 is 1.39 bits per heavy atom. The molecule has 0 unspecified atom stereocenters. The first kappa shape index (κ1) is 16.7. The van der Waals surface area contributed by atoms with Crippen molar-refractivity contribution >= 4 is 18.3 Å². The Morgan fingerprint density at radius 2 is 2.06 bits per heavy atom. The highest BCUT2D eigenvalue weighted by atomic mass is 35.5. The van der Waals surface area contributed by atoms with E-state index in [1.54, 1.807) is 0 Å². The maximum Gasteiger partial charge on any atom is 0.233 e. The molecule has 0 bridgehead atoms. The van der Waals surface area contributed by atoms with Crippen molar-refractivity contribution in [2.24, 2.45) is 5.73 Å². The van der Waals surface area contributed by atoms with Crippen molar-refractivity contribution < 1.29 is 9.53 Å². The zero-order valence-corrected chi connectivity index (χ0v) is 11.6. The molecule has 1 amide bonds. The lowest BCUT2D eigenvalue weighted by Crippen LogP contribution is -2.33. The lowest BCUT2D eigenvalue weighted by atomic mass is 10.0. The third-order valence-electron chi connectivity index (χ3n) is 2.41. The highest BCUT2D eigenvalue weighted by Crippen LogP contribution is 2.25. The summed E-state index contributed by atoms with van der Waals surface area (Å²) in [5.41, 5.74) is 6.35. The zero-order chi connectivity index (χ0) is 12.7. The van der Waals surface area contributed by atoms with Gasteiger partial charge in [-0.2, -0.15) is 0 Å². The van der Waals surface area contributed by atoms with Crippen LogP contribution in [0.1, 0.15) is 25.3 Å². The first-order valence-corrected chi connectivity index (χ1v) is 5.83. The Hall–Kier alpha value is -1.26. The van der Waals surface area contributed by atoms with Crippen LogP contribution >= 0.6 is 12.4 Å². The van der Waals surface area contributed by atoms with Crippen molar-refractivity contribution in [3.8, 4) is 5.75 Å². The van der Waals surface area contributed by atoms with Crippen LogP contribution in [0.2, 0.25) is 0 Å². The number of rotatable bonds is 6. The van der Waals surface area contributed by atoms with E-state index >= 15 is 0 Å². The molecule has 0 saturated carbocycles. The molecule has 4 nitrogen and oxygen atoms in total. The number of para-hydroxylation sites is 1. The van der Waals surface area contributed by atoms with Crippen molar-refractivity contribution in [1.82, 2.24) is 5.32 Å². The fourth-order valence-corrected chi connectivity index (χ4v) is 1.51. The van der Waals surface area contributed by atoms with E-state index in [1.165, 1.54) is 5.56 Å². The third kappa shape index (κ3) is 5.38. The van der Waals surface area contributed by atoms with Crippen molar-refractivity contribution in [2.45, 2.75) is 19.8 Å². The average Bonchev–Trinajstić information content (AvgIpc) is 2.34. The Labute approximate surface area is 114 Å². The van der Waals surface area contributed by atoms with Crippen molar-refractivity contribution in [1.29, 1.82) is 0 Å². The first-order valence-electron chi connectivity index (χ1n) is 5.83. The molecule has 0 aliphatic rings. The molecule has 0 radical (unpaired) electrons. The minimum Gasteiger partial charge on any atom is -0.491 e. The largest absolute Gasteiger partial charge is 0.491 e. The second-order valence-corrected chi connectivity index (χ2v) is 4.10. The van der Waals surface area contributed by atoms with Gasteiger partial charge in [-0.15, -0.1) is 12.4 Å². The van der Waals surface area contributed by atoms with Crippen LogP contribution in [0, 0.1) is 0 Å². The lowest BCUT2D eigenvalue weighted by molar-refractivity contribution is -0.119. The van der Waals surface area contributed by atoms with Gasteiger partial charge < -0.3 is 15.8 Å². The minimum absolute atomic E-state index is 0. The number of amides is 1. The van der Waals surface area contributed by atoms with E-state index in [4.69, 9.17) is 10.5 Å². The van der Waals surface area contributed by atoms with Gasteiger partial charge in [0.15, 0.2) is 0 Å². The number of ether oxygens (including phenoxy) is 1. The maximum atomic E-state index is 10.9. The molecule has 5 heteroatoms. The summed E-state index contributed by atoms with van der Waals surface area (Å²) in [6.07, 6.45) is 0. The zero-order valence-electron chi connectivity index (χ0n) is 10.8. The molecule has 0 heterocycles. The number of nitrogens with two attached hydrogens (primary N) is 1. The summed E-state index contributed by atoms with van der Waals surface area (Å²) in [4.78, 5) is 10.9. The molecule has 0 saturated heterocycles. The van der Waals surface area contributed by atoms with E-state index in [9.17, 15) is 4.79 Å². The molecule has 18 heavy (non-hydrogen) atoms. The van der Waals surface area contributed by atoms with Crippen LogP contribution in [-0.4, -0.2) is 25.6 Å². The summed E-state index contributed by atoms with van der Waals surface area (Å²) < 4.78 is 5.64. The van der Waals surface area contributed by atoms with Crippen molar-refractivity contribution in [3.63, 3.8) is 0 Å². The predicted octanol–water partition coefficient (Wildman–Crippen LogP) is 1.69. The topological polar surface area (TPSA) is 64.3 Å². The van der Waals surface area contributed by atoms with Crippen molar-refractivity contribution in [3.05, 3.63) is 29.8 Å². The fraction of sp³-hybridized carbons (Fsp3) is 0.462. The summed E-state index contributed by atoms with van der Waals surface area (Å²) in [6.45, 7) is 5.19. The number of hydrogen-bond acceptors (Lipinski definition) is 3. The van der Waals surface area contributed by atoms with Gasteiger partial charge in [-0.25, -0.2) is 0 Å². The fourth-order valence-electron chi connectivity index (χ4n) is 1.51. The van der Waals surface area contributed by atoms with E-state index in [1.807, 2.05) is 18.2 Å². The molecule has 1 aromatic carbocycles. The van der Waals surface area contributed by atoms with Gasteiger partial charge in [-0.1, -0.05) is 32.0 Å². The number of carbonyl (C=O) groups excluding carboxylic acids is 1. The first-order chi connectivity index (χ1) is 8.15. The second kappa shape index (κ2) is 8.78. The molecule has 0 fully saturated rings. The Balaban J connectivity index is 0.00000289. The van der Waals surface area contributed by atoms with Gasteiger partial charge in [0.05, 0.1) is 13.1 Å². The van der Waals surface area contributed by atoms with Crippen LogP contribution < -0.4 is 15.8 Å². The monoisotopic (exact) mass is 272 g/mol. The Morgan fingerprint density at radius 3 is 2.67 bits per heavy atom. The summed E-state index contributed by atoms with van der Waals surface area (Å²) in [7, 11) is 0. The number of carbonyl (C=O) groups is 1. The molecule has 102 valence electrons. The van der Waals surface area contributed by atoms with E-state index in [0.717, 1.165) is 5.75 Å². The molecule has 0 spiro atoms. The molecule has 0 aliphatic carbocycles. The lowest BCUT2D eigenvalue weighted by Gasteiger charge is -2.13. The van der Waals surface area contributed by atoms with Crippen LogP contribution in [-0.2, 0) is 4.79 Å². The third-order valence-corrected chi connectivity index (χ3v) is 2.41. The van der Waals surface area contributed by atoms with Crippen molar-refractivity contribution in [2.75, 3.05) is 19.7 Å². The highest BCUT2D eigenvalue weighted by molar-refractivity contribution is 5.85. The highest BCUT2D eigenvalue weighted by Gasteiger charge is 2.06. The van der Waals surface area contributed by atoms with Crippen LogP contribution in [0.15, 0.2) is 24.3 Å². The van der Waals surface area contributed by atoms with E-state index < -0.39 is 0 Å². The normalized spacial score (nSPS) is 9.78. The van der Waals surface area contributed by atoms with E-state index in [0.29, 0.717) is 19.1 Å². The SMILES string of the molecule is CC(C)c1ccccc1OCCNC(=O)CN.Cl. The average molecular weight is 273 g/mol. The van der Waals surface area contributed by atoms with Gasteiger partial charge in [0, 0.05) is 0 Å². The molecular weight excluding hydrogens is 252 g/mol. The van der Waals surface area contributed by atoms with Gasteiger partial charge in [0.2, 0.25) is 5.91 Å². The minimum atomic E-state index is -0.161. The van der Waals surface area contributed by atoms with E-state index in [-0.39, 0.29) is 24.9 Å². The van der Waals surface area contributed by atoms with Crippen LogP contribution in [0.3, 0.4) is 0 Å². The van der Waals surface area contributed by atoms with E-state index in [2.05, 4.69) is 25.2 Å². The molecule has 0 atom stereocenters. The summed E-state index contributed by atoms with van der Waals surface area (Å²) in [5, 5.41) is 2.66. The molecule has 3 N–H and O–H groups in total. The predicted molar refractivity (Wildman–Crippen MR) is 75.3 cm³/mol. The molecular formula is C13H21ClN2O2. The van der Waals surface area contributed by atoms with Gasteiger partial charge in [-0.3, -0.25) is 4.79 Å². The van der Waals surface area contributed by atoms with Crippen LogP contribution in [0.25, 0.3) is 0 Å². The standard InChI is InChI=1S/C13H20N2O2.ClH/c1-10(2)11-5-3-4-6-12(11)17-8-7-15-13(16)9-14;/h3-6,10H,7-9,14H2,1-2H3,(H,15,16);1H. The summed E-state index contributed by atoms with van der Waals surface area (Å²) in [5.74, 6) is 1.14. The summed E-state index contributed by atoms with van der Waals surface area (Å²) >= 11 is 0. The van der Waals surface area contributed by atoms with Gasteiger partial charge in [0.1, 0.15) is 12.4 Å². The Bertz CT molecular complexity index is 370. The number of benzene rings is 1. The molecule has 0 aliphatic heterocycles. The second-order valence-electron chi connectivity index (χ2n) is 4.10. The molecule has 0 aromatic heterocycles. The molecule has 1 rings (SSSR count).